The van der Waals surface area contributed by atoms with Crippen LogP contribution in [0.5, 0.6) is 0 Å². The van der Waals surface area contributed by atoms with Gasteiger partial charge >= 0.3 is 0 Å². The summed E-state index contributed by atoms with van der Waals surface area (Å²) in [7, 11) is 0. The first-order valence-corrected chi connectivity index (χ1v) is 8.46. The van der Waals surface area contributed by atoms with Crippen LogP contribution in [-0.2, 0) is 4.79 Å². The van der Waals surface area contributed by atoms with Crippen molar-refractivity contribution >= 4 is 40.9 Å². The molecule has 0 spiro atoms. The van der Waals surface area contributed by atoms with Crippen molar-refractivity contribution in [2.75, 3.05) is 5.32 Å². The number of amides is 1. The number of benzene rings is 2. The molecule has 0 atom stereocenters. The molecular formula is C20H11Cl2FN2O2. The highest BCUT2D eigenvalue weighted by Crippen LogP contribution is 2.30. The van der Waals surface area contributed by atoms with E-state index in [0.29, 0.717) is 22.8 Å². The average Bonchev–Trinajstić information content (AvgIpc) is 3.12. The summed E-state index contributed by atoms with van der Waals surface area (Å²) >= 11 is 11.9. The maximum Gasteiger partial charge on any atom is 0.266 e. The van der Waals surface area contributed by atoms with Crippen molar-refractivity contribution in [3.8, 4) is 17.4 Å². The standard InChI is InChI=1S/C20H11Cl2FN2O2/c21-16-2-1-3-17(19(16)22)25-20(26)13(11-24)10-15-8-9-18(27-15)12-4-6-14(23)7-5-12/h1-10H,(H,25,26)/b13-10+. The van der Waals surface area contributed by atoms with E-state index < -0.39 is 5.91 Å². The zero-order chi connectivity index (χ0) is 19.4. The fourth-order valence-corrected chi connectivity index (χ4v) is 2.63. The van der Waals surface area contributed by atoms with Gasteiger partial charge in [-0.15, -0.1) is 0 Å². The van der Waals surface area contributed by atoms with Crippen molar-refractivity contribution in [1.82, 2.24) is 0 Å². The maximum absolute atomic E-state index is 13.0. The maximum atomic E-state index is 13.0. The number of hydrogen-bond acceptors (Lipinski definition) is 3. The van der Waals surface area contributed by atoms with E-state index in [2.05, 4.69) is 5.32 Å². The van der Waals surface area contributed by atoms with Crippen LogP contribution in [0.25, 0.3) is 17.4 Å². The SMILES string of the molecule is N#C/C(=C\c1ccc(-c2ccc(F)cc2)o1)C(=O)Nc1cccc(Cl)c1Cl. The zero-order valence-corrected chi connectivity index (χ0v) is 15.2. The number of carbonyl (C=O) groups is 1. The average molecular weight is 401 g/mol. The first-order chi connectivity index (χ1) is 13.0. The lowest BCUT2D eigenvalue weighted by Crippen LogP contribution is -2.13. The van der Waals surface area contributed by atoms with Gasteiger partial charge in [-0.1, -0.05) is 29.3 Å². The number of nitrogens with one attached hydrogen (secondary N) is 1. The molecule has 1 aromatic heterocycles. The molecule has 0 aliphatic heterocycles. The van der Waals surface area contributed by atoms with Crippen molar-refractivity contribution in [2.24, 2.45) is 0 Å². The molecule has 1 heterocycles. The summed E-state index contributed by atoms with van der Waals surface area (Å²) in [5.41, 5.74) is 0.789. The minimum Gasteiger partial charge on any atom is -0.457 e. The second kappa shape index (κ2) is 8.09. The number of carbonyl (C=O) groups excluding carboxylic acids is 1. The molecule has 0 aliphatic rings. The molecule has 0 radical (unpaired) electrons. The fourth-order valence-electron chi connectivity index (χ4n) is 2.28. The van der Waals surface area contributed by atoms with E-state index in [1.54, 1.807) is 42.5 Å². The monoisotopic (exact) mass is 400 g/mol. The van der Waals surface area contributed by atoms with Gasteiger partial charge in [-0.3, -0.25) is 4.79 Å². The molecule has 27 heavy (non-hydrogen) atoms. The normalized spacial score (nSPS) is 11.1. The van der Waals surface area contributed by atoms with Gasteiger partial charge < -0.3 is 9.73 Å². The van der Waals surface area contributed by atoms with Crippen LogP contribution < -0.4 is 5.32 Å². The Morgan fingerprint density at radius 3 is 2.56 bits per heavy atom. The molecule has 4 nitrogen and oxygen atoms in total. The lowest BCUT2D eigenvalue weighted by Gasteiger charge is -2.07. The first-order valence-electron chi connectivity index (χ1n) is 7.71. The Balaban J connectivity index is 1.82. The predicted molar refractivity (Wildman–Crippen MR) is 103 cm³/mol. The molecule has 134 valence electrons. The summed E-state index contributed by atoms with van der Waals surface area (Å²) in [5.74, 6) is -0.218. The summed E-state index contributed by atoms with van der Waals surface area (Å²) in [6.45, 7) is 0. The number of nitriles is 1. The quantitative estimate of drug-likeness (QED) is 0.435. The number of halogens is 3. The number of rotatable bonds is 4. The highest BCUT2D eigenvalue weighted by molar-refractivity contribution is 6.44. The van der Waals surface area contributed by atoms with Crippen LogP contribution in [0.2, 0.25) is 10.0 Å². The van der Waals surface area contributed by atoms with E-state index in [4.69, 9.17) is 27.6 Å². The molecule has 1 amide bonds. The molecule has 0 aliphatic carbocycles. The lowest BCUT2D eigenvalue weighted by molar-refractivity contribution is -0.112. The molecule has 1 N–H and O–H groups in total. The minimum atomic E-state index is -0.651. The summed E-state index contributed by atoms with van der Waals surface area (Å²) in [6, 6.07) is 15.6. The van der Waals surface area contributed by atoms with Crippen LogP contribution in [0.15, 0.2) is 64.6 Å². The molecule has 0 saturated carbocycles. The number of hydrogen-bond donors (Lipinski definition) is 1. The van der Waals surface area contributed by atoms with Crippen molar-refractivity contribution in [3.63, 3.8) is 0 Å². The predicted octanol–water partition coefficient (Wildman–Crippen LogP) is 5.94. The van der Waals surface area contributed by atoms with Crippen molar-refractivity contribution in [1.29, 1.82) is 5.26 Å². The van der Waals surface area contributed by atoms with Gasteiger partial charge in [-0.2, -0.15) is 5.26 Å². The Labute approximate surface area is 164 Å². The van der Waals surface area contributed by atoms with Gasteiger partial charge in [0.25, 0.3) is 5.91 Å². The third-order valence-corrected chi connectivity index (χ3v) is 4.43. The van der Waals surface area contributed by atoms with E-state index >= 15 is 0 Å². The van der Waals surface area contributed by atoms with Crippen LogP contribution in [0, 0.1) is 17.1 Å². The van der Waals surface area contributed by atoms with Crippen LogP contribution in [0.3, 0.4) is 0 Å². The molecule has 0 fully saturated rings. The van der Waals surface area contributed by atoms with Gasteiger partial charge in [0.15, 0.2) is 0 Å². The lowest BCUT2D eigenvalue weighted by atomic mass is 10.2. The number of furan rings is 1. The summed E-state index contributed by atoms with van der Waals surface area (Å²) in [4.78, 5) is 12.3. The van der Waals surface area contributed by atoms with E-state index in [1.807, 2.05) is 6.07 Å². The van der Waals surface area contributed by atoms with Crippen molar-refractivity contribution < 1.29 is 13.6 Å². The molecule has 3 aromatic rings. The van der Waals surface area contributed by atoms with Gasteiger partial charge in [0, 0.05) is 11.6 Å². The highest BCUT2D eigenvalue weighted by Gasteiger charge is 2.14. The molecule has 0 unspecified atom stereocenters. The fraction of sp³-hybridized carbons (Fsp3) is 0. The van der Waals surface area contributed by atoms with Crippen LogP contribution in [-0.4, -0.2) is 5.91 Å². The van der Waals surface area contributed by atoms with E-state index in [-0.39, 0.29) is 21.4 Å². The van der Waals surface area contributed by atoms with Gasteiger partial charge in [0.1, 0.15) is 29.0 Å². The summed E-state index contributed by atoms with van der Waals surface area (Å²) in [5, 5.41) is 12.3. The second-order valence-corrected chi connectivity index (χ2v) is 6.22. The molecular weight excluding hydrogens is 390 g/mol. The molecule has 2 aromatic carbocycles. The van der Waals surface area contributed by atoms with E-state index in [1.165, 1.54) is 18.2 Å². The minimum absolute atomic E-state index is 0.175. The largest absolute Gasteiger partial charge is 0.457 e. The summed E-state index contributed by atoms with van der Waals surface area (Å²) < 4.78 is 18.6. The van der Waals surface area contributed by atoms with Gasteiger partial charge in [0.05, 0.1) is 15.7 Å². The van der Waals surface area contributed by atoms with Gasteiger partial charge in [-0.25, -0.2) is 4.39 Å². The topological polar surface area (TPSA) is 66.0 Å². The Kier molecular flexibility index (Phi) is 5.60. The summed E-state index contributed by atoms with van der Waals surface area (Å²) in [6.07, 6.45) is 1.31. The number of anilines is 1. The number of nitrogens with zero attached hydrogens (tertiary/aromatic N) is 1. The van der Waals surface area contributed by atoms with Crippen LogP contribution in [0.4, 0.5) is 10.1 Å². The molecule has 0 saturated heterocycles. The molecule has 0 bridgehead atoms. The molecule has 7 heteroatoms. The highest BCUT2D eigenvalue weighted by atomic mass is 35.5. The second-order valence-electron chi connectivity index (χ2n) is 5.43. The van der Waals surface area contributed by atoms with Crippen LogP contribution >= 0.6 is 23.2 Å². The van der Waals surface area contributed by atoms with Crippen molar-refractivity contribution in [2.45, 2.75) is 0 Å². The Hall–Kier alpha value is -3.07. The van der Waals surface area contributed by atoms with E-state index in [0.717, 1.165) is 0 Å². The Bertz CT molecular complexity index is 1070. The van der Waals surface area contributed by atoms with E-state index in [9.17, 15) is 14.4 Å². The van der Waals surface area contributed by atoms with Crippen molar-refractivity contribution in [3.05, 3.63) is 81.8 Å². The Morgan fingerprint density at radius 1 is 1.11 bits per heavy atom. The first kappa shape index (κ1) is 18.7. The zero-order valence-electron chi connectivity index (χ0n) is 13.7. The third-order valence-electron chi connectivity index (χ3n) is 3.61. The van der Waals surface area contributed by atoms with Crippen LogP contribution in [0.1, 0.15) is 5.76 Å². The van der Waals surface area contributed by atoms with Gasteiger partial charge in [0.2, 0.25) is 0 Å². The third kappa shape index (κ3) is 4.37. The van der Waals surface area contributed by atoms with Gasteiger partial charge in [-0.05, 0) is 48.5 Å². The smallest absolute Gasteiger partial charge is 0.266 e. The Morgan fingerprint density at radius 2 is 1.85 bits per heavy atom. The molecule has 3 rings (SSSR count).